The number of Topliss-reactive ketones (excluding diaryl/α,β-unsaturated/α-hetero) is 1. The van der Waals surface area contributed by atoms with Crippen molar-refractivity contribution < 1.29 is 19.2 Å². The number of unbranched alkanes of at least 4 members (excludes halogenated alkanes) is 3. The maximum atomic E-state index is 13.7. The van der Waals surface area contributed by atoms with Crippen molar-refractivity contribution in [2.75, 3.05) is 0 Å². The molecule has 1 aromatic carbocycles. The lowest BCUT2D eigenvalue weighted by Gasteiger charge is -2.15. The molecule has 2 aromatic rings. The van der Waals surface area contributed by atoms with E-state index in [1.54, 1.807) is 11.5 Å². The number of aromatic nitrogens is 1. The fraction of sp³-hybridized carbons (Fsp3) is 0.474. The average Bonchev–Trinajstić information content (AvgIpc) is 2.92. The summed E-state index contributed by atoms with van der Waals surface area (Å²) >= 11 is 0. The third-order valence-corrected chi connectivity index (χ3v) is 4.89. The van der Waals surface area contributed by atoms with Crippen molar-refractivity contribution in [3.05, 3.63) is 35.3 Å². The molecular formula is C19H23FN2O3. The largest absolute Gasteiger partial charge is 0.344 e. The first-order valence-electron chi connectivity index (χ1n) is 8.88. The van der Waals surface area contributed by atoms with Crippen LogP contribution in [-0.2, 0) is 17.8 Å². The summed E-state index contributed by atoms with van der Waals surface area (Å²) in [4.78, 5) is 23.3. The highest BCUT2D eigenvalue weighted by atomic mass is 19.1. The van der Waals surface area contributed by atoms with Gasteiger partial charge in [0.05, 0.1) is 0 Å². The Labute approximate surface area is 145 Å². The van der Waals surface area contributed by atoms with Crippen LogP contribution in [0.1, 0.15) is 61.0 Å². The number of carbonyl (C=O) groups is 2. The fourth-order valence-corrected chi connectivity index (χ4v) is 3.71. The SMILES string of the molecule is O=C(CCCCCCn1c2c(c3cc(F)ccc31)C(=O)CCC2)NO. The highest BCUT2D eigenvalue weighted by Crippen LogP contribution is 2.33. The topological polar surface area (TPSA) is 71.3 Å². The Bertz CT molecular complexity index is 798. The molecule has 0 saturated carbocycles. The molecule has 1 heterocycles. The molecule has 1 aromatic heterocycles. The van der Waals surface area contributed by atoms with Gasteiger partial charge in [-0.15, -0.1) is 0 Å². The van der Waals surface area contributed by atoms with Gasteiger partial charge in [-0.25, -0.2) is 9.87 Å². The lowest BCUT2D eigenvalue weighted by molar-refractivity contribution is -0.129. The second-order valence-corrected chi connectivity index (χ2v) is 6.61. The number of hydroxylamine groups is 1. The lowest BCUT2D eigenvalue weighted by atomic mass is 9.94. The number of aryl methyl sites for hydroxylation is 1. The van der Waals surface area contributed by atoms with Crippen molar-refractivity contribution in [2.45, 2.75) is 57.9 Å². The standard InChI is InChI=1S/C19H23FN2O3/c20-13-9-10-15-14(12-13)19-16(6-5-7-17(19)23)22(15)11-4-2-1-3-8-18(24)21-25/h9-10,12,25H,1-8,11H2,(H,21,24). The van der Waals surface area contributed by atoms with Crippen molar-refractivity contribution >= 4 is 22.6 Å². The molecule has 6 heteroatoms. The van der Waals surface area contributed by atoms with E-state index in [4.69, 9.17) is 5.21 Å². The van der Waals surface area contributed by atoms with Crippen LogP contribution in [-0.4, -0.2) is 21.5 Å². The zero-order valence-corrected chi connectivity index (χ0v) is 14.2. The summed E-state index contributed by atoms with van der Waals surface area (Å²) in [5, 5.41) is 9.19. The highest BCUT2D eigenvalue weighted by Gasteiger charge is 2.25. The van der Waals surface area contributed by atoms with Gasteiger partial charge in [-0.3, -0.25) is 14.8 Å². The number of hydrogen-bond donors (Lipinski definition) is 2. The second-order valence-electron chi connectivity index (χ2n) is 6.61. The van der Waals surface area contributed by atoms with Crippen molar-refractivity contribution in [3.63, 3.8) is 0 Å². The van der Waals surface area contributed by atoms with Gasteiger partial charge in [0.15, 0.2) is 5.78 Å². The van der Waals surface area contributed by atoms with Crippen LogP contribution in [0.5, 0.6) is 0 Å². The van der Waals surface area contributed by atoms with Crippen LogP contribution in [0.3, 0.4) is 0 Å². The fourth-order valence-electron chi connectivity index (χ4n) is 3.71. The molecule has 0 saturated heterocycles. The summed E-state index contributed by atoms with van der Waals surface area (Å²) in [6.45, 7) is 0.789. The summed E-state index contributed by atoms with van der Waals surface area (Å²) in [5.74, 6) is -0.551. The van der Waals surface area contributed by atoms with E-state index in [0.717, 1.165) is 61.7 Å². The molecule has 0 fully saturated rings. The van der Waals surface area contributed by atoms with E-state index in [1.165, 1.54) is 12.1 Å². The number of ketones is 1. The molecule has 1 aliphatic rings. The Morgan fingerprint density at radius 2 is 2.00 bits per heavy atom. The number of benzene rings is 1. The monoisotopic (exact) mass is 346 g/mol. The molecule has 25 heavy (non-hydrogen) atoms. The van der Waals surface area contributed by atoms with Gasteiger partial charge in [0.1, 0.15) is 5.82 Å². The van der Waals surface area contributed by atoms with Crippen LogP contribution in [0, 0.1) is 5.82 Å². The minimum absolute atomic E-state index is 0.116. The lowest BCUT2D eigenvalue weighted by Crippen LogP contribution is -2.17. The molecule has 0 aliphatic heterocycles. The molecule has 0 bridgehead atoms. The second kappa shape index (κ2) is 7.78. The van der Waals surface area contributed by atoms with Crippen LogP contribution in [0.25, 0.3) is 10.9 Å². The van der Waals surface area contributed by atoms with Crippen LogP contribution in [0.15, 0.2) is 18.2 Å². The molecule has 3 rings (SSSR count). The Morgan fingerprint density at radius 1 is 1.20 bits per heavy atom. The Balaban J connectivity index is 1.71. The number of hydrogen-bond acceptors (Lipinski definition) is 3. The normalized spacial score (nSPS) is 13.9. The van der Waals surface area contributed by atoms with E-state index in [9.17, 15) is 14.0 Å². The first-order valence-corrected chi connectivity index (χ1v) is 8.88. The molecule has 0 atom stereocenters. The van der Waals surface area contributed by atoms with Gasteiger partial charge in [0, 0.05) is 41.5 Å². The first-order chi connectivity index (χ1) is 12.1. The number of nitrogens with one attached hydrogen (secondary N) is 1. The zero-order valence-electron chi connectivity index (χ0n) is 14.2. The van der Waals surface area contributed by atoms with Gasteiger partial charge in [-0.05, 0) is 43.9 Å². The van der Waals surface area contributed by atoms with Gasteiger partial charge in [0.25, 0.3) is 0 Å². The van der Waals surface area contributed by atoms with E-state index in [0.29, 0.717) is 18.4 Å². The number of halogens is 1. The minimum Gasteiger partial charge on any atom is -0.344 e. The van der Waals surface area contributed by atoms with Gasteiger partial charge in [0.2, 0.25) is 5.91 Å². The zero-order chi connectivity index (χ0) is 17.8. The summed E-state index contributed by atoms with van der Waals surface area (Å²) < 4.78 is 15.8. The molecular weight excluding hydrogens is 323 g/mol. The first kappa shape index (κ1) is 17.6. The number of carbonyl (C=O) groups excluding carboxylic acids is 2. The van der Waals surface area contributed by atoms with Crippen LogP contribution < -0.4 is 5.48 Å². The quantitative estimate of drug-likeness (QED) is 0.456. The summed E-state index contributed by atoms with van der Waals surface area (Å²) in [5.41, 5.74) is 4.31. The molecule has 134 valence electrons. The molecule has 2 N–H and O–H groups in total. The molecule has 0 radical (unpaired) electrons. The van der Waals surface area contributed by atoms with Gasteiger partial charge in [-0.1, -0.05) is 12.8 Å². The Hall–Kier alpha value is -2.21. The number of amides is 1. The molecule has 5 nitrogen and oxygen atoms in total. The summed E-state index contributed by atoms with van der Waals surface area (Å²) in [6.07, 6.45) is 6.10. The molecule has 1 aliphatic carbocycles. The van der Waals surface area contributed by atoms with E-state index < -0.39 is 0 Å². The third-order valence-electron chi connectivity index (χ3n) is 4.89. The maximum absolute atomic E-state index is 13.7. The van der Waals surface area contributed by atoms with E-state index in [2.05, 4.69) is 4.57 Å². The van der Waals surface area contributed by atoms with Crippen LogP contribution in [0.2, 0.25) is 0 Å². The maximum Gasteiger partial charge on any atom is 0.243 e. The average molecular weight is 346 g/mol. The van der Waals surface area contributed by atoms with Crippen LogP contribution >= 0.6 is 0 Å². The van der Waals surface area contributed by atoms with E-state index >= 15 is 0 Å². The van der Waals surface area contributed by atoms with Crippen molar-refractivity contribution in [1.82, 2.24) is 10.0 Å². The number of rotatable bonds is 7. The highest BCUT2D eigenvalue weighted by molar-refractivity contribution is 6.10. The van der Waals surface area contributed by atoms with E-state index in [1.807, 2.05) is 0 Å². The molecule has 0 unspecified atom stereocenters. The predicted molar refractivity (Wildman–Crippen MR) is 92.2 cm³/mol. The van der Waals surface area contributed by atoms with Crippen LogP contribution in [0.4, 0.5) is 4.39 Å². The van der Waals surface area contributed by atoms with Crippen molar-refractivity contribution in [2.24, 2.45) is 0 Å². The smallest absolute Gasteiger partial charge is 0.243 e. The van der Waals surface area contributed by atoms with Crippen molar-refractivity contribution in [3.8, 4) is 0 Å². The number of fused-ring (bicyclic) bond motifs is 3. The number of nitrogens with zero attached hydrogens (tertiary/aromatic N) is 1. The van der Waals surface area contributed by atoms with Gasteiger partial charge < -0.3 is 4.57 Å². The summed E-state index contributed by atoms with van der Waals surface area (Å²) in [6, 6.07) is 4.69. The minimum atomic E-state index is -0.356. The van der Waals surface area contributed by atoms with E-state index in [-0.39, 0.29) is 17.5 Å². The predicted octanol–water partition coefficient (Wildman–Crippen LogP) is 3.76. The van der Waals surface area contributed by atoms with Crippen molar-refractivity contribution in [1.29, 1.82) is 0 Å². The van der Waals surface area contributed by atoms with Gasteiger partial charge in [-0.2, -0.15) is 0 Å². The van der Waals surface area contributed by atoms with Gasteiger partial charge >= 0.3 is 0 Å². The summed E-state index contributed by atoms with van der Waals surface area (Å²) in [7, 11) is 0. The Kier molecular flexibility index (Phi) is 5.48. The third kappa shape index (κ3) is 3.74. The molecule has 1 amide bonds. The Morgan fingerprint density at radius 3 is 2.80 bits per heavy atom. The molecule has 0 spiro atoms.